The summed E-state index contributed by atoms with van der Waals surface area (Å²) >= 11 is 0. The SMILES string of the molecule is Cc1ccc(N(CC(=O)O)C(=O)N2CCC(C)C2)cc1. The lowest BCUT2D eigenvalue weighted by molar-refractivity contribution is -0.135. The van der Waals surface area contributed by atoms with Crippen LogP contribution in [0.25, 0.3) is 0 Å². The van der Waals surface area contributed by atoms with Crippen molar-refractivity contribution in [1.29, 1.82) is 0 Å². The molecule has 5 heteroatoms. The molecule has 20 heavy (non-hydrogen) atoms. The van der Waals surface area contributed by atoms with Gasteiger partial charge >= 0.3 is 12.0 Å². The van der Waals surface area contributed by atoms with Crippen LogP contribution in [0.4, 0.5) is 10.5 Å². The fourth-order valence-electron chi connectivity index (χ4n) is 2.41. The van der Waals surface area contributed by atoms with Crippen molar-refractivity contribution in [2.75, 3.05) is 24.5 Å². The molecule has 1 saturated heterocycles. The number of carboxylic acids is 1. The molecule has 2 rings (SSSR count). The number of carbonyl (C=O) groups excluding carboxylic acids is 1. The standard InChI is InChI=1S/C15H20N2O3/c1-11-3-5-13(6-4-11)17(10-14(18)19)15(20)16-8-7-12(2)9-16/h3-6,12H,7-10H2,1-2H3,(H,18,19). The molecule has 1 N–H and O–H groups in total. The number of carboxylic acid groups (broad SMARTS) is 1. The molecule has 2 amide bonds. The number of hydrogen-bond donors (Lipinski definition) is 1. The van der Waals surface area contributed by atoms with E-state index >= 15 is 0 Å². The highest BCUT2D eigenvalue weighted by molar-refractivity contribution is 5.96. The molecule has 1 heterocycles. The second-order valence-corrected chi connectivity index (χ2v) is 5.44. The first-order chi connectivity index (χ1) is 9.47. The Kier molecular flexibility index (Phi) is 4.27. The van der Waals surface area contributed by atoms with E-state index in [2.05, 4.69) is 6.92 Å². The third-order valence-corrected chi connectivity index (χ3v) is 3.56. The fourth-order valence-corrected chi connectivity index (χ4v) is 2.41. The molecule has 1 atom stereocenters. The highest BCUT2D eigenvalue weighted by atomic mass is 16.4. The number of likely N-dealkylation sites (tertiary alicyclic amines) is 1. The van der Waals surface area contributed by atoms with E-state index in [0.717, 1.165) is 12.0 Å². The average molecular weight is 276 g/mol. The topological polar surface area (TPSA) is 60.9 Å². The van der Waals surface area contributed by atoms with Gasteiger partial charge in [0.1, 0.15) is 6.54 Å². The highest BCUT2D eigenvalue weighted by Crippen LogP contribution is 2.21. The summed E-state index contributed by atoms with van der Waals surface area (Å²) in [5.74, 6) is -0.533. The minimum Gasteiger partial charge on any atom is -0.480 e. The molecule has 1 fully saturated rings. The van der Waals surface area contributed by atoms with Crippen LogP contribution < -0.4 is 4.90 Å². The first-order valence-corrected chi connectivity index (χ1v) is 6.82. The number of nitrogens with zero attached hydrogens (tertiary/aromatic N) is 2. The number of hydrogen-bond acceptors (Lipinski definition) is 2. The largest absolute Gasteiger partial charge is 0.480 e. The van der Waals surface area contributed by atoms with Gasteiger partial charge in [0.2, 0.25) is 0 Å². The summed E-state index contributed by atoms with van der Waals surface area (Å²) in [5, 5.41) is 9.03. The number of aliphatic carboxylic acids is 1. The third-order valence-electron chi connectivity index (χ3n) is 3.56. The molecule has 108 valence electrons. The van der Waals surface area contributed by atoms with E-state index in [9.17, 15) is 9.59 Å². The van der Waals surface area contributed by atoms with Crippen molar-refractivity contribution < 1.29 is 14.7 Å². The van der Waals surface area contributed by atoms with Crippen molar-refractivity contribution in [3.8, 4) is 0 Å². The van der Waals surface area contributed by atoms with E-state index in [-0.39, 0.29) is 12.6 Å². The van der Waals surface area contributed by atoms with Gasteiger partial charge in [-0.15, -0.1) is 0 Å². The van der Waals surface area contributed by atoms with Crippen molar-refractivity contribution in [2.45, 2.75) is 20.3 Å². The molecule has 1 aliphatic rings. The molecule has 0 aromatic heterocycles. The number of carbonyl (C=O) groups is 2. The molecule has 1 aliphatic heterocycles. The maximum Gasteiger partial charge on any atom is 0.325 e. The Balaban J connectivity index is 2.20. The second kappa shape index (κ2) is 5.94. The van der Waals surface area contributed by atoms with Crippen LogP contribution in [0.15, 0.2) is 24.3 Å². The number of amides is 2. The van der Waals surface area contributed by atoms with Crippen LogP contribution in [-0.4, -0.2) is 41.6 Å². The van der Waals surface area contributed by atoms with Crippen LogP contribution in [-0.2, 0) is 4.79 Å². The summed E-state index contributed by atoms with van der Waals surface area (Å²) in [4.78, 5) is 26.6. The number of anilines is 1. The van der Waals surface area contributed by atoms with Crippen molar-refractivity contribution in [3.05, 3.63) is 29.8 Å². The monoisotopic (exact) mass is 276 g/mol. The van der Waals surface area contributed by atoms with Crippen molar-refractivity contribution in [2.24, 2.45) is 5.92 Å². The molecule has 0 spiro atoms. The quantitative estimate of drug-likeness (QED) is 0.921. The van der Waals surface area contributed by atoms with E-state index in [4.69, 9.17) is 5.11 Å². The van der Waals surface area contributed by atoms with Crippen molar-refractivity contribution in [3.63, 3.8) is 0 Å². The van der Waals surface area contributed by atoms with Gasteiger partial charge in [-0.2, -0.15) is 0 Å². The van der Waals surface area contributed by atoms with Gasteiger partial charge in [0, 0.05) is 18.8 Å². The first-order valence-electron chi connectivity index (χ1n) is 6.82. The van der Waals surface area contributed by atoms with Gasteiger partial charge in [0.05, 0.1) is 0 Å². The van der Waals surface area contributed by atoms with Crippen LogP contribution in [0.5, 0.6) is 0 Å². The lowest BCUT2D eigenvalue weighted by Gasteiger charge is -2.27. The molecule has 0 radical (unpaired) electrons. The number of benzene rings is 1. The Morgan fingerprint density at radius 1 is 1.35 bits per heavy atom. The van der Waals surface area contributed by atoms with E-state index in [0.29, 0.717) is 24.7 Å². The number of aryl methyl sites for hydroxylation is 1. The molecule has 0 saturated carbocycles. The average Bonchev–Trinajstić information content (AvgIpc) is 2.83. The minimum atomic E-state index is -1.01. The number of urea groups is 1. The summed E-state index contributed by atoms with van der Waals surface area (Å²) in [6.45, 7) is 5.13. The van der Waals surface area contributed by atoms with Crippen LogP contribution >= 0.6 is 0 Å². The molecular weight excluding hydrogens is 256 g/mol. The van der Waals surface area contributed by atoms with Gasteiger partial charge in [0.15, 0.2) is 0 Å². The summed E-state index contributed by atoms with van der Waals surface area (Å²) in [6.07, 6.45) is 0.973. The normalized spacial score (nSPS) is 18.1. The van der Waals surface area contributed by atoms with Gasteiger partial charge in [0.25, 0.3) is 0 Å². The van der Waals surface area contributed by atoms with E-state index in [1.165, 1.54) is 4.90 Å². The Morgan fingerprint density at radius 3 is 2.50 bits per heavy atom. The zero-order chi connectivity index (χ0) is 14.7. The molecule has 5 nitrogen and oxygen atoms in total. The van der Waals surface area contributed by atoms with Crippen molar-refractivity contribution in [1.82, 2.24) is 4.90 Å². The van der Waals surface area contributed by atoms with Gasteiger partial charge in [-0.3, -0.25) is 9.69 Å². The van der Waals surface area contributed by atoms with E-state index in [1.54, 1.807) is 17.0 Å². The summed E-state index contributed by atoms with van der Waals surface area (Å²) < 4.78 is 0. The summed E-state index contributed by atoms with van der Waals surface area (Å²) in [7, 11) is 0. The lowest BCUT2D eigenvalue weighted by atomic mass is 10.2. The lowest BCUT2D eigenvalue weighted by Crippen LogP contribution is -2.44. The molecule has 1 aromatic carbocycles. The molecule has 1 aromatic rings. The second-order valence-electron chi connectivity index (χ2n) is 5.44. The molecular formula is C15H20N2O3. The van der Waals surface area contributed by atoms with E-state index < -0.39 is 5.97 Å². The predicted molar refractivity (Wildman–Crippen MR) is 76.9 cm³/mol. The predicted octanol–water partition coefficient (Wildman–Crippen LogP) is 2.35. The fraction of sp³-hybridized carbons (Fsp3) is 0.467. The zero-order valence-electron chi connectivity index (χ0n) is 11.9. The molecule has 0 bridgehead atoms. The Labute approximate surface area is 118 Å². The van der Waals surface area contributed by atoms with Crippen LogP contribution in [0.3, 0.4) is 0 Å². The zero-order valence-corrected chi connectivity index (χ0v) is 11.9. The van der Waals surface area contributed by atoms with E-state index in [1.807, 2.05) is 19.1 Å². The Bertz CT molecular complexity index is 498. The molecule has 0 aliphatic carbocycles. The third kappa shape index (κ3) is 3.29. The minimum absolute atomic E-state index is 0.222. The van der Waals surface area contributed by atoms with Crippen LogP contribution in [0.1, 0.15) is 18.9 Å². The van der Waals surface area contributed by atoms with Gasteiger partial charge in [-0.25, -0.2) is 4.79 Å². The number of rotatable bonds is 3. The van der Waals surface area contributed by atoms with Gasteiger partial charge in [-0.05, 0) is 31.4 Å². The van der Waals surface area contributed by atoms with Gasteiger partial charge in [-0.1, -0.05) is 24.6 Å². The molecule has 1 unspecified atom stereocenters. The smallest absolute Gasteiger partial charge is 0.325 e. The Hall–Kier alpha value is -2.04. The van der Waals surface area contributed by atoms with Crippen molar-refractivity contribution >= 4 is 17.7 Å². The highest BCUT2D eigenvalue weighted by Gasteiger charge is 2.29. The maximum atomic E-state index is 12.5. The summed E-state index contributed by atoms with van der Waals surface area (Å²) in [5.41, 5.74) is 1.70. The summed E-state index contributed by atoms with van der Waals surface area (Å²) in [6, 6.07) is 7.11. The van der Waals surface area contributed by atoms with Crippen LogP contribution in [0.2, 0.25) is 0 Å². The van der Waals surface area contributed by atoms with Crippen LogP contribution in [0, 0.1) is 12.8 Å². The maximum absolute atomic E-state index is 12.5. The Morgan fingerprint density at radius 2 is 2.00 bits per heavy atom. The van der Waals surface area contributed by atoms with Gasteiger partial charge < -0.3 is 10.0 Å². The first kappa shape index (κ1) is 14.4.